The molecule has 3 aliphatic heterocycles. The van der Waals surface area contributed by atoms with Crippen molar-refractivity contribution in [3.8, 4) is 0 Å². The number of halogens is 2. The smallest absolute Gasteiger partial charge is 0.311 e. The Hall–Kier alpha value is -1.74. The molecule has 0 aliphatic carbocycles. The van der Waals surface area contributed by atoms with Gasteiger partial charge in [0.2, 0.25) is 0 Å². The maximum absolute atomic E-state index is 14.5. The number of benzene rings is 1. The van der Waals surface area contributed by atoms with E-state index >= 15 is 0 Å². The summed E-state index contributed by atoms with van der Waals surface area (Å²) in [5.74, 6) is -3.30. The first-order chi connectivity index (χ1) is 30.2. The summed E-state index contributed by atoms with van der Waals surface area (Å²) < 4.78 is 38.0. The summed E-state index contributed by atoms with van der Waals surface area (Å²) in [7, 11) is 5.23. The molecular formula is C47H79Cl2N3O13. The molecular weight excluding hydrogens is 885 g/mol. The number of methoxy groups -OCH3 is 1. The number of carbonyl (C=O) groups excluding carboxylic acids is 2. The fourth-order valence-electron chi connectivity index (χ4n) is 10.2. The van der Waals surface area contributed by atoms with Gasteiger partial charge in [0.05, 0.1) is 52.1 Å². The number of ether oxygens (including phenoxy) is 6. The van der Waals surface area contributed by atoms with E-state index in [0.29, 0.717) is 31.0 Å². The molecule has 0 aromatic heterocycles. The molecule has 18 heteroatoms. The SMILES string of the molecule is CC[C@H]1OC(=O)[C@H](C)[C@@H](O[C@H]2C[C@@](C)(OC)[C@@H](O)[C@H](C)O2)[C@H](C)[C@@H](O[C@@H]2O[C@H](C)C[C@H](N(C)C)[C@H]2O)[C@](C)(O)C[C@@H](C)CN(CCCNC(=O)c2ccc(Cl)cc2Cl)[C@H](C)[C@@H](O)[C@]1(C)O. The molecule has 18 atom stereocenters. The van der Waals surface area contributed by atoms with Crippen LogP contribution in [0.15, 0.2) is 18.2 Å². The molecule has 3 fully saturated rings. The molecule has 1 amide bonds. The lowest BCUT2D eigenvalue weighted by Gasteiger charge is -2.48. The third-order valence-electron chi connectivity index (χ3n) is 14.1. The van der Waals surface area contributed by atoms with Gasteiger partial charge in [0, 0.05) is 56.2 Å². The molecule has 3 saturated heterocycles. The fourth-order valence-corrected chi connectivity index (χ4v) is 10.6. The maximum Gasteiger partial charge on any atom is 0.311 e. The van der Waals surface area contributed by atoms with Crippen molar-refractivity contribution in [3.63, 3.8) is 0 Å². The third-order valence-corrected chi connectivity index (χ3v) is 14.7. The molecule has 0 unspecified atom stereocenters. The molecule has 6 N–H and O–H groups in total. The van der Waals surface area contributed by atoms with E-state index in [1.54, 1.807) is 60.6 Å². The van der Waals surface area contributed by atoms with Gasteiger partial charge in [-0.05, 0) is 112 Å². The Balaban J connectivity index is 1.76. The minimum atomic E-state index is -1.93. The minimum Gasteiger partial charge on any atom is -0.459 e. The van der Waals surface area contributed by atoms with Crippen molar-refractivity contribution < 1.29 is 63.5 Å². The number of hydrogen-bond donors (Lipinski definition) is 6. The van der Waals surface area contributed by atoms with E-state index < -0.39 is 96.0 Å². The molecule has 0 spiro atoms. The summed E-state index contributed by atoms with van der Waals surface area (Å²) in [6.07, 6.45) is -8.73. The normalized spacial score (nSPS) is 41.9. The number of amides is 1. The monoisotopic (exact) mass is 963 g/mol. The fraction of sp³-hybridized carbons (Fsp3) is 0.830. The predicted octanol–water partition coefficient (Wildman–Crippen LogP) is 4.40. The van der Waals surface area contributed by atoms with Crippen molar-refractivity contribution in [2.24, 2.45) is 17.8 Å². The highest BCUT2D eigenvalue weighted by molar-refractivity contribution is 6.36. The summed E-state index contributed by atoms with van der Waals surface area (Å²) in [5, 5.41) is 63.3. The molecule has 374 valence electrons. The molecule has 1 aromatic carbocycles. The Kier molecular flexibility index (Phi) is 20.0. The van der Waals surface area contributed by atoms with Crippen molar-refractivity contribution in [3.05, 3.63) is 33.8 Å². The zero-order valence-electron chi connectivity index (χ0n) is 40.7. The molecule has 65 heavy (non-hydrogen) atoms. The summed E-state index contributed by atoms with van der Waals surface area (Å²) >= 11 is 12.3. The van der Waals surface area contributed by atoms with E-state index in [0.717, 1.165) is 0 Å². The molecule has 3 aliphatic rings. The molecule has 1 aromatic rings. The van der Waals surface area contributed by atoms with E-state index in [2.05, 4.69) is 5.32 Å². The second-order valence-corrected chi connectivity index (χ2v) is 20.8. The van der Waals surface area contributed by atoms with Gasteiger partial charge in [0.15, 0.2) is 12.6 Å². The van der Waals surface area contributed by atoms with Gasteiger partial charge in [0.25, 0.3) is 5.91 Å². The number of aliphatic hydroxyl groups is 5. The van der Waals surface area contributed by atoms with Crippen LogP contribution in [0.5, 0.6) is 0 Å². The Morgan fingerprint density at radius 1 is 0.985 bits per heavy atom. The van der Waals surface area contributed by atoms with Crippen LogP contribution in [0.3, 0.4) is 0 Å². The summed E-state index contributed by atoms with van der Waals surface area (Å²) in [6.45, 7) is 18.3. The van der Waals surface area contributed by atoms with Crippen LogP contribution in [-0.2, 0) is 33.2 Å². The second kappa shape index (κ2) is 23.2. The number of carbonyl (C=O) groups is 2. The van der Waals surface area contributed by atoms with Gasteiger partial charge >= 0.3 is 5.97 Å². The van der Waals surface area contributed by atoms with Gasteiger partial charge in [-0.3, -0.25) is 14.5 Å². The number of esters is 1. The van der Waals surface area contributed by atoms with E-state index in [4.69, 9.17) is 51.6 Å². The number of cyclic esters (lactones) is 1. The summed E-state index contributed by atoms with van der Waals surface area (Å²) in [6, 6.07) is 3.60. The predicted molar refractivity (Wildman–Crippen MR) is 247 cm³/mol. The van der Waals surface area contributed by atoms with Gasteiger partial charge in [-0.25, -0.2) is 0 Å². The zero-order valence-corrected chi connectivity index (χ0v) is 42.2. The number of likely N-dealkylation sites (N-methyl/N-ethyl adjacent to an activating group) is 1. The second-order valence-electron chi connectivity index (χ2n) is 20.0. The average Bonchev–Trinajstić information content (AvgIpc) is 3.22. The van der Waals surface area contributed by atoms with Crippen LogP contribution < -0.4 is 5.32 Å². The van der Waals surface area contributed by atoms with Crippen molar-refractivity contribution in [2.45, 2.75) is 192 Å². The lowest BCUT2D eigenvalue weighted by atomic mass is 9.77. The van der Waals surface area contributed by atoms with Gasteiger partial charge < -0.3 is 64.2 Å². The highest BCUT2D eigenvalue weighted by Crippen LogP contribution is 2.40. The van der Waals surface area contributed by atoms with Crippen LogP contribution in [0.25, 0.3) is 0 Å². The van der Waals surface area contributed by atoms with Crippen molar-refractivity contribution in [1.29, 1.82) is 0 Å². The number of aliphatic hydroxyl groups excluding tert-OH is 3. The molecule has 0 bridgehead atoms. The van der Waals surface area contributed by atoms with Crippen LogP contribution >= 0.6 is 23.2 Å². The van der Waals surface area contributed by atoms with Gasteiger partial charge in [-0.2, -0.15) is 0 Å². The first-order valence-electron chi connectivity index (χ1n) is 23.2. The number of hydrogen-bond acceptors (Lipinski definition) is 15. The number of rotatable bonds is 12. The van der Waals surface area contributed by atoms with Crippen LogP contribution in [0.1, 0.15) is 112 Å². The van der Waals surface area contributed by atoms with Crippen LogP contribution in [0, 0.1) is 17.8 Å². The zero-order chi connectivity index (χ0) is 48.9. The quantitative estimate of drug-likeness (QED) is 0.127. The molecule has 0 radical (unpaired) electrons. The Labute approximate surface area is 396 Å². The molecule has 4 rings (SSSR count). The maximum atomic E-state index is 14.5. The average molecular weight is 965 g/mol. The van der Waals surface area contributed by atoms with Gasteiger partial charge in [-0.15, -0.1) is 0 Å². The third kappa shape index (κ3) is 13.5. The minimum absolute atomic E-state index is 0.0934. The van der Waals surface area contributed by atoms with Crippen molar-refractivity contribution >= 4 is 35.1 Å². The van der Waals surface area contributed by atoms with E-state index in [1.165, 1.54) is 20.1 Å². The van der Waals surface area contributed by atoms with Crippen LogP contribution in [-0.4, -0.2) is 178 Å². The van der Waals surface area contributed by atoms with E-state index in [-0.39, 0.29) is 60.4 Å². The number of nitrogens with one attached hydrogen (secondary N) is 1. The first-order valence-corrected chi connectivity index (χ1v) is 23.9. The Morgan fingerprint density at radius 2 is 1.65 bits per heavy atom. The standard InChI is InChI=1S/C47H79Cl2N3O13/c1-14-35-47(10,59)39(54)29(6)52(19-15-18-50-42(56)32-17-16-31(48)21-33(32)49)24-25(2)22-45(8,58)41(65-44-37(53)34(51(11)12)20-26(3)61-44)27(4)38(28(5)43(57)63-35)64-36-23-46(9,60-13)40(55)30(7)62-36/h16-17,21,25-30,34-41,44,53-55,58-59H,14-15,18-20,22-24H2,1-13H3,(H,50,56)/t25-,26-,27+,28-,29-,30+,34+,35-,36+,37-,38+,39-,40+,41-,44+,45-,46-,47-/m1/s1. The van der Waals surface area contributed by atoms with E-state index in [9.17, 15) is 35.1 Å². The Morgan fingerprint density at radius 3 is 2.25 bits per heavy atom. The van der Waals surface area contributed by atoms with Crippen LogP contribution in [0.2, 0.25) is 10.0 Å². The van der Waals surface area contributed by atoms with Gasteiger partial charge in [0.1, 0.15) is 30.0 Å². The largest absolute Gasteiger partial charge is 0.459 e. The molecule has 16 nitrogen and oxygen atoms in total. The molecule has 0 saturated carbocycles. The number of nitrogens with zero attached hydrogens (tertiary/aromatic N) is 2. The van der Waals surface area contributed by atoms with Crippen LogP contribution in [0.4, 0.5) is 0 Å². The first kappa shape index (κ1) is 55.9. The summed E-state index contributed by atoms with van der Waals surface area (Å²) in [5.41, 5.74) is -4.39. The summed E-state index contributed by atoms with van der Waals surface area (Å²) in [4.78, 5) is 31.5. The van der Waals surface area contributed by atoms with E-state index in [1.807, 2.05) is 37.7 Å². The molecule has 3 heterocycles. The Bertz CT molecular complexity index is 1710. The highest BCUT2D eigenvalue weighted by Gasteiger charge is 2.53. The highest BCUT2D eigenvalue weighted by atomic mass is 35.5. The topological polar surface area (TPSA) is 209 Å². The van der Waals surface area contributed by atoms with Crippen molar-refractivity contribution in [1.82, 2.24) is 15.1 Å². The lowest BCUT2D eigenvalue weighted by molar-refractivity contribution is -0.318. The van der Waals surface area contributed by atoms with Crippen molar-refractivity contribution in [2.75, 3.05) is 40.8 Å². The lowest BCUT2D eigenvalue weighted by Crippen LogP contribution is -2.60. The van der Waals surface area contributed by atoms with Gasteiger partial charge in [-0.1, -0.05) is 44.0 Å².